The lowest BCUT2D eigenvalue weighted by molar-refractivity contribution is -0.124. The van der Waals surface area contributed by atoms with Crippen molar-refractivity contribution in [2.75, 3.05) is 0 Å². The quantitative estimate of drug-likeness (QED) is 0.788. The van der Waals surface area contributed by atoms with E-state index in [1.165, 1.54) is 0 Å². The Morgan fingerprint density at radius 3 is 3.00 bits per heavy atom. The zero-order valence-corrected chi connectivity index (χ0v) is 13.0. The smallest absolute Gasteiger partial charge is 0.244 e. The van der Waals surface area contributed by atoms with Crippen LogP contribution in [0, 0.1) is 0 Å². The number of aromatic nitrogens is 3. The number of nitrogens with zero attached hydrogens (tertiary/aromatic N) is 3. The van der Waals surface area contributed by atoms with Crippen LogP contribution in [-0.2, 0) is 11.3 Å². The van der Waals surface area contributed by atoms with E-state index in [9.17, 15) is 4.79 Å². The van der Waals surface area contributed by atoms with Crippen LogP contribution >= 0.6 is 11.3 Å². The number of hydrogen-bond donors (Lipinski definition) is 1. The van der Waals surface area contributed by atoms with Gasteiger partial charge in [-0.2, -0.15) is 16.4 Å². The molecule has 0 fully saturated rings. The highest BCUT2D eigenvalue weighted by atomic mass is 32.1. The van der Waals surface area contributed by atoms with E-state index in [1.807, 2.05) is 30.5 Å². The molecule has 0 saturated carbocycles. The van der Waals surface area contributed by atoms with E-state index in [2.05, 4.69) is 20.8 Å². The predicted molar refractivity (Wildman–Crippen MR) is 86.3 cm³/mol. The van der Waals surface area contributed by atoms with Gasteiger partial charge in [0.25, 0.3) is 0 Å². The Labute approximate surface area is 132 Å². The highest BCUT2D eigenvalue weighted by Crippen LogP contribution is 2.23. The number of carbonyl (C=O) groups excluding carboxylic acids is 1. The highest BCUT2D eigenvalue weighted by Gasteiger charge is 2.15. The molecule has 0 saturated heterocycles. The predicted octanol–water partition coefficient (Wildman–Crippen LogP) is 2.88. The molecule has 22 heavy (non-hydrogen) atoms. The number of rotatable bonds is 5. The van der Waals surface area contributed by atoms with Gasteiger partial charge >= 0.3 is 0 Å². The molecule has 0 aliphatic carbocycles. The fraction of sp³-hybridized carbons (Fsp3) is 0.188. The molecule has 1 atom stereocenters. The fourth-order valence-corrected chi connectivity index (χ4v) is 2.84. The van der Waals surface area contributed by atoms with Gasteiger partial charge in [0.2, 0.25) is 5.91 Å². The van der Waals surface area contributed by atoms with Gasteiger partial charge in [0.15, 0.2) is 0 Å². The zero-order valence-electron chi connectivity index (χ0n) is 12.1. The van der Waals surface area contributed by atoms with Crippen molar-refractivity contribution in [1.82, 2.24) is 20.1 Å². The first-order chi connectivity index (χ1) is 10.8. The van der Waals surface area contributed by atoms with Crippen LogP contribution in [0.3, 0.4) is 0 Å². The molecule has 0 spiro atoms. The van der Waals surface area contributed by atoms with Crippen LogP contribution in [0.2, 0.25) is 0 Å². The molecule has 0 radical (unpaired) electrons. The van der Waals surface area contributed by atoms with E-state index < -0.39 is 0 Å². The number of hydrogen-bond acceptors (Lipinski definition) is 4. The first-order valence-electron chi connectivity index (χ1n) is 6.99. The van der Waals surface area contributed by atoms with Crippen molar-refractivity contribution >= 4 is 17.2 Å². The summed E-state index contributed by atoms with van der Waals surface area (Å²) in [7, 11) is 0. The molecule has 0 aliphatic heterocycles. The summed E-state index contributed by atoms with van der Waals surface area (Å²) >= 11 is 1.63. The monoisotopic (exact) mass is 312 g/mol. The number of amides is 1. The lowest BCUT2D eigenvalue weighted by atomic mass is 10.1. The molecule has 3 aromatic heterocycles. The lowest BCUT2D eigenvalue weighted by Gasteiger charge is -2.13. The Balaban J connectivity index is 1.71. The molecule has 0 aliphatic rings. The third-order valence-corrected chi connectivity index (χ3v) is 4.12. The van der Waals surface area contributed by atoms with E-state index in [0.29, 0.717) is 6.54 Å². The molecule has 0 aromatic carbocycles. The van der Waals surface area contributed by atoms with E-state index in [0.717, 1.165) is 16.8 Å². The second-order valence-corrected chi connectivity index (χ2v) is 5.68. The standard InChI is InChI=1S/C16H16N4OS/c1-12(20-8-3-7-19-20)16(21)18-10-13-4-2-6-17-15(13)14-5-9-22-11-14/h2-9,11-12H,10H2,1H3,(H,18,21). The van der Waals surface area contributed by atoms with Crippen molar-refractivity contribution in [3.8, 4) is 11.3 Å². The molecule has 5 nitrogen and oxygen atoms in total. The minimum absolute atomic E-state index is 0.0659. The molecule has 3 heterocycles. The van der Waals surface area contributed by atoms with Crippen LogP contribution in [0.15, 0.2) is 53.6 Å². The van der Waals surface area contributed by atoms with Crippen molar-refractivity contribution in [2.24, 2.45) is 0 Å². The fourth-order valence-electron chi connectivity index (χ4n) is 2.20. The van der Waals surface area contributed by atoms with Crippen molar-refractivity contribution < 1.29 is 4.79 Å². The number of carbonyl (C=O) groups is 1. The van der Waals surface area contributed by atoms with Crippen molar-refractivity contribution in [1.29, 1.82) is 0 Å². The molecule has 112 valence electrons. The van der Waals surface area contributed by atoms with Crippen LogP contribution in [0.1, 0.15) is 18.5 Å². The zero-order chi connectivity index (χ0) is 15.4. The maximum absolute atomic E-state index is 12.2. The Morgan fingerprint density at radius 2 is 2.27 bits per heavy atom. The van der Waals surface area contributed by atoms with Gasteiger partial charge in [0.1, 0.15) is 6.04 Å². The number of nitrogens with one attached hydrogen (secondary N) is 1. The number of thiophene rings is 1. The molecule has 3 rings (SSSR count). The first kappa shape index (κ1) is 14.5. The van der Waals surface area contributed by atoms with Crippen LogP contribution in [0.5, 0.6) is 0 Å². The summed E-state index contributed by atoms with van der Waals surface area (Å²) in [6.45, 7) is 2.27. The number of pyridine rings is 1. The van der Waals surface area contributed by atoms with Gasteiger partial charge < -0.3 is 5.32 Å². The average molecular weight is 312 g/mol. The van der Waals surface area contributed by atoms with Gasteiger partial charge in [0, 0.05) is 36.1 Å². The SMILES string of the molecule is CC(C(=O)NCc1cccnc1-c1ccsc1)n1cccn1. The molecule has 1 N–H and O–H groups in total. The van der Waals surface area contributed by atoms with Gasteiger partial charge in [0.05, 0.1) is 5.69 Å². The van der Waals surface area contributed by atoms with Gasteiger partial charge in [-0.15, -0.1) is 0 Å². The van der Waals surface area contributed by atoms with Crippen molar-refractivity contribution in [3.63, 3.8) is 0 Å². The molecule has 1 amide bonds. The summed E-state index contributed by atoms with van der Waals surface area (Å²) in [5.41, 5.74) is 2.99. The van der Waals surface area contributed by atoms with Crippen molar-refractivity contribution in [3.05, 3.63) is 59.2 Å². The Morgan fingerprint density at radius 1 is 1.36 bits per heavy atom. The Kier molecular flexibility index (Phi) is 4.29. The van der Waals surface area contributed by atoms with Gasteiger partial charge in [-0.25, -0.2) is 0 Å². The van der Waals surface area contributed by atoms with Crippen LogP contribution in [-0.4, -0.2) is 20.7 Å². The highest BCUT2D eigenvalue weighted by molar-refractivity contribution is 7.08. The van der Waals surface area contributed by atoms with Gasteiger partial charge in [-0.3, -0.25) is 14.5 Å². The van der Waals surface area contributed by atoms with Crippen molar-refractivity contribution in [2.45, 2.75) is 19.5 Å². The lowest BCUT2D eigenvalue weighted by Crippen LogP contribution is -2.31. The summed E-state index contributed by atoms with van der Waals surface area (Å²) in [5.74, 6) is -0.0659. The Bertz CT molecular complexity index is 737. The third kappa shape index (κ3) is 3.07. The van der Waals surface area contributed by atoms with Gasteiger partial charge in [-0.05, 0) is 36.1 Å². The average Bonchev–Trinajstić information content (AvgIpc) is 3.25. The molecule has 1 unspecified atom stereocenters. The molecular formula is C16H16N4OS. The van der Waals surface area contributed by atoms with E-state index in [4.69, 9.17) is 0 Å². The molecule has 3 aromatic rings. The Hall–Kier alpha value is -2.47. The molecule has 6 heteroatoms. The van der Waals surface area contributed by atoms with Crippen LogP contribution in [0.4, 0.5) is 0 Å². The molecule has 0 bridgehead atoms. The minimum atomic E-state index is -0.337. The largest absolute Gasteiger partial charge is 0.350 e. The third-order valence-electron chi connectivity index (χ3n) is 3.44. The van der Waals surface area contributed by atoms with Crippen LogP contribution in [0.25, 0.3) is 11.3 Å². The summed E-state index contributed by atoms with van der Waals surface area (Å²) in [5, 5.41) is 11.1. The second-order valence-electron chi connectivity index (χ2n) is 4.90. The second kappa shape index (κ2) is 6.53. The summed E-state index contributed by atoms with van der Waals surface area (Å²) in [6.07, 6.45) is 5.22. The maximum atomic E-state index is 12.2. The first-order valence-corrected chi connectivity index (χ1v) is 7.93. The normalized spacial score (nSPS) is 12.0. The van der Waals surface area contributed by atoms with Crippen LogP contribution < -0.4 is 5.32 Å². The summed E-state index contributed by atoms with van der Waals surface area (Å²) in [6, 6.07) is 7.37. The summed E-state index contributed by atoms with van der Waals surface area (Å²) in [4.78, 5) is 16.7. The van der Waals surface area contributed by atoms with E-state index >= 15 is 0 Å². The van der Waals surface area contributed by atoms with E-state index in [-0.39, 0.29) is 11.9 Å². The molecular weight excluding hydrogens is 296 g/mol. The minimum Gasteiger partial charge on any atom is -0.350 e. The topological polar surface area (TPSA) is 59.8 Å². The van der Waals surface area contributed by atoms with Gasteiger partial charge in [-0.1, -0.05) is 6.07 Å². The summed E-state index contributed by atoms with van der Waals surface area (Å²) < 4.78 is 1.64. The maximum Gasteiger partial charge on any atom is 0.244 e. The van der Waals surface area contributed by atoms with E-state index in [1.54, 1.807) is 40.7 Å².